The number of nitrogens with zero attached hydrogens (tertiary/aromatic N) is 1. The summed E-state index contributed by atoms with van der Waals surface area (Å²) in [4.78, 5) is 15.8. The first-order chi connectivity index (χ1) is 14.7. The summed E-state index contributed by atoms with van der Waals surface area (Å²) >= 11 is 6.19. The van der Waals surface area contributed by atoms with E-state index in [9.17, 15) is 18.0 Å². The fourth-order valence-corrected chi connectivity index (χ4v) is 4.56. The van der Waals surface area contributed by atoms with Crippen molar-refractivity contribution in [3.05, 3.63) is 70.4 Å². The Bertz CT molecular complexity index is 1130. The Morgan fingerprint density at radius 2 is 1.84 bits per heavy atom. The number of carbonyl (C=O) groups is 1. The van der Waals surface area contributed by atoms with Gasteiger partial charge in [0.1, 0.15) is 5.69 Å². The summed E-state index contributed by atoms with van der Waals surface area (Å²) in [5.41, 5.74) is 6.39. The lowest BCUT2D eigenvalue weighted by Crippen LogP contribution is -2.32. The summed E-state index contributed by atoms with van der Waals surface area (Å²) in [5, 5.41) is 4.43. The number of fused-ring (bicyclic) bond motifs is 1. The average Bonchev–Trinajstić information content (AvgIpc) is 2.73. The number of nitrogens with one attached hydrogen (secondary N) is 1. The molecule has 1 fully saturated rings. The summed E-state index contributed by atoms with van der Waals surface area (Å²) in [6, 6.07) is 12.6. The van der Waals surface area contributed by atoms with E-state index in [2.05, 4.69) is 10.3 Å². The molecule has 3 N–H and O–H groups in total. The number of pyridine rings is 1. The van der Waals surface area contributed by atoms with Gasteiger partial charge >= 0.3 is 6.18 Å². The lowest BCUT2D eigenvalue weighted by Gasteiger charge is -2.34. The van der Waals surface area contributed by atoms with Crippen molar-refractivity contribution in [2.75, 3.05) is 5.32 Å². The van der Waals surface area contributed by atoms with Crippen molar-refractivity contribution >= 4 is 34.1 Å². The second kappa shape index (κ2) is 8.38. The fraction of sp³-hybridized carbons (Fsp3) is 0.304. The van der Waals surface area contributed by atoms with Crippen LogP contribution < -0.4 is 11.1 Å². The fourth-order valence-electron chi connectivity index (χ4n) is 4.38. The number of benzene rings is 2. The molecule has 1 unspecified atom stereocenters. The van der Waals surface area contributed by atoms with E-state index in [0.717, 1.165) is 37.3 Å². The molecule has 2 atom stereocenters. The van der Waals surface area contributed by atoms with Crippen LogP contribution in [0.25, 0.3) is 10.9 Å². The van der Waals surface area contributed by atoms with Gasteiger partial charge in [-0.25, -0.2) is 4.98 Å². The smallest absolute Gasteiger partial charge is 0.381 e. The number of amides is 1. The number of hydrogen-bond acceptors (Lipinski definition) is 3. The normalized spacial score (nSPS) is 19.4. The van der Waals surface area contributed by atoms with Crippen LogP contribution >= 0.6 is 11.6 Å². The Kier molecular flexibility index (Phi) is 5.79. The number of nitrogens with two attached hydrogens (primary N) is 1. The molecule has 1 amide bonds. The molecule has 31 heavy (non-hydrogen) atoms. The Labute approximate surface area is 182 Å². The molecule has 2 aromatic carbocycles. The third kappa shape index (κ3) is 4.46. The summed E-state index contributed by atoms with van der Waals surface area (Å²) in [5.74, 6) is -0.666. The molecule has 162 valence electrons. The minimum Gasteiger partial charge on any atom is -0.381 e. The highest BCUT2D eigenvalue weighted by molar-refractivity contribution is 6.30. The Hall–Kier alpha value is -2.80. The molecule has 0 saturated heterocycles. The molecule has 0 aliphatic heterocycles. The van der Waals surface area contributed by atoms with Crippen LogP contribution in [0.15, 0.2) is 48.5 Å². The van der Waals surface area contributed by atoms with E-state index in [1.54, 1.807) is 42.5 Å². The third-order valence-electron chi connectivity index (χ3n) is 5.79. The number of primary amides is 1. The summed E-state index contributed by atoms with van der Waals surface area (Å²) in [6.07, 6.45) is -1.17. The van der Waals surface area contributed by atoms with Gasteiger partial charge in [0.05, 0.1) is 5.52 Å². The summed E-state index contributed by atoms with van der Waals surface area (Å²) in [6.45, 7) is 0. The van der Waals surface area contributed by atoms with Crippen LogP contribution in [0.4, 0.5) is 18.9 Å². The molecule has 3 aromatic rings. The number of alkyl halides is 3. The van der Waals surface area contributed by atoms with Crippen molar-refractivity contribution in [3.63, 3.8) is 0 Å². The standard InChI is InChI=1S/C23H21ClF3N3O/c24-13-9-10-15(22(28)31)17(11-13)14-5-1-3-7-18(14)29-20-12-21(23(25,26)27)30-19-8-4-2-6-16(19)20/h2,4,6,8-12,14,18H,1,3,5,7H2,(H2,28,31)(H,29,30)/t14?,18-/m0/s1. The maximum atomic E-state index is 13.4. The van der Waals surface area contributed by atoms with Gasteiger partial charge in [-0.1, -0.05) is 42.6 Å². The van der Waals surface area contributed by atoms with Crippen molar-refractivity contribution in [2.45, 2.75) is 43.8 Å². The first-order valence-electron chi connectivity index (χ1n) is 10.1. The molecular formula is C23H21ClF3N3O. The summed E-state index contributed by atoms with van der Waals surface area (Å²) in [7, 11) is 0. The van der Waals surface area contributed by atoms with Gasteiger partial charge in [-0.15, -0.1) is 0 Å². The van der Waals surface area contributed by atoms with E-state index >= 15 is 0 Å². The quantitative estimate of drug-likeness (QED) is 0.504. The summed E-state index contributed by atoms with van der Waals surface area (Å²) < 4.78 is 40.3. The Morgan fingerprint density at radius 1 is 1.10 bits per heavy atom. The van der Waals surface area contributed by atoms with Crippen molar-refractivity contribution in [1.29, 1.82) is 0 Å². The first kappa shape index (κ1) is 21.4. The van der Waals surface area contributed by atoms with Crippen LogP contribution in [0.2, 0.25) is 5.02 Å². The minimum absolute atomic E-state index is 0.115. The van der Waals surface area contributed by atoms with Crippen LogP contribution in [0, 0.1) is 0 Å². The van der Waals surface area contributed by atoms with E-state index in [-0.39, 0.29) is 17.5 Å². The van der Waals surface area contributed by atoms with E-state index in [0.29, 0.717) is 21.7 Å². The zero-order valence-electron chi connectivity index (χ0n) is 16.5. The van der Waals surface area contributed by atoms with Crippen LogP contribution in [0.3, 0.4) is 0 Å². The molecular weight excluding hydrogens is 427 g/mol. The second-order valence-electron chi connectivity index (χ2n) is 7.81. The molecule has 0 spiro atoms. The molecule has 1 aliphatic rings. The van der Waals surface area contributed by atoms with Gasteiger partial charge in [-0.05, 0) is 48.7 Å². The molecule has 1 saturated carbocycles. The van der Waals surface area contributed by atoms with Gasteiger partial charge < -0.3 is 11.1 Å². The van der Waals surface area contributed by atoms with Gasteiger partial charge in [0, 0.05) is 33.6 Å². The van der Waals surface area contributed by atoms with Gasteiger partial charge in [0.15, 0.2) is 0 Å². The second-order valence-corrected chi connectivity index (χ2v) is 8.24. The molecule has 4 rings (SSSR count). The van der Waals surface area contributed by atoms with Crippen molar-refractivity contribution in [1.82, 2.24) is 4.98 Å². The molecule has 1 heterocycles. The highest BCUT2D eigenvalue weighted by Gasteiger charge is 2.34. The minimum atomic E-state index is -4.56. The number of aromatic nitrogens is 1. The highest BCUT2D eigenvalue weighted by Crippen LogP contribution is 2.39. The largest absolute Gasteiger partial charge is 0.433 e. The predicted octanol–water partition coefficient (Wildman–Crippen LogP) is 6.14. The van der Waals surface area contributed by atoms with E-state index in [1.807, 2.05) is 0 Å². The van der Waals surface area contributed by atoms with Crippen molar-refractivity contribution < 1.29 is 18.0 Å². The number of carbonyl (C=O) groups excluding carboxylic acids is 1. The SMILES string of the molecule is NC(=O)c1ccc(Cl)cc1C1CCCC[C@@H]1Nc1cc(C(F)(F)F)nc2ccccc12. The van der Waals surface area contributed by atoms with Gasteiger partial charge in [0.25, 0.3) is 0 Å². The first-order valence-corrected chi connectivity index (χ1v) is 10.4. The molecule has 1 aromatic heterocycles. The average molecular weight is 448 g/mol. The lowest BCUT2D eigenvalue weighted by molar-refractivity contribution is -0.140. The number of halogens is 4. The monoisotopic (exact) mass is 447 g/mol. The maximum Gasteiger partial charge on any atom is 0.433 e. The van der Waals surface area contributed by atoms with Crippen molar-refractivity contribution in [2.24, 2.45) is 5.73 Å². The molecule has 4 nitrogen and oxygen atoms in total. The molecule has 1 aliphatic carbocycles. The van der Waals surface area contributed by atoms with Gasteiger partial charge in [0.2, 0.25) is 5.91 Å². The number of rotatable bonds is 4. The molecule has 0 bridgehead atoms. The Balaban J connectivity index is 1.77. The van der Waals surface area contributed by atoms with Crippen LogP contribution in [-0.2, 0) is 6.18 Å². The topological polar surface area (TPSA) is 68.0 Å². The van der Waals surface area contributed by atoms with Crippen LogP contribution in [0.1, 0.15) is 53.2 Å². The zero-order chi connectivity index (χ0) is 22.2. The number of anilines is 1. The van der Waals surface area contributed by atoms with E-state index < -0.39 is 17.8 Å². The lowest BCUT2D eigenvalue weighted by atomic mass is 9.78. The van der Waals surface area contributed by atoms with E-state index in [4.69, 9.17) is 17.3 Å². The highest BCUT2D eigenvalue weighted by atomic mass is 35.5. The van der Waals surface area contributed by atoms with Gasteiger partial charge in [-0.2, -0.15) is 13.2 Å². The maximum absolute atomic E-state index is 13.4. The van der Waals surface area contributed by atoms with Crippen LogP contribution in [-0.4, -0.2) is 16.9 Å². The number of hydrogen-bond donors (Lipinski definition) is 2. The van der Waals surface area contributed by atoms with Crippen molar-refractivity contribution in [3.8, 4) is 0 Å². The predicted molar refractivity (Wildman–Crippen MR) is 115 cm³/mol. The Morgan fingerprint density at radius 3 is 2.58 bits per heavy atom. The number of para-hydroxylation sites is 1. The molecule has 8 heteroatoms. The van der Waals surface area contributed by atoms with Crippen LogP contribution in [0.5, 0.6) is 0 Å². The van der Waals surface area contributed by atoms with Gasteiger partial charge in [-0.3, -0.25) is 4.79 Å². The molecule has 0 radical (unpaired) electrons. The van der Waals surface area contributed by atoms with E-state index in [1.165, 1.54) is 0 Å². The third-order valence-corrected chi connectivity index (χ3v) is 6.03. The zero-order valence-corrected chi connectivity index (χ0v) is 17.3.